The molecule has 1 heterocycles. The fourth-order valence-electron chi connectivity index (χ4n) is 2.68. The van der Waals surface area contributed by atoms with Crippen molar-refractivity contribution in [2.24, 2.45) is 0 Å². The normalized spacial score (nSPS) is 10.2. The second kappa shape index (κ2) is 13.2. The summed E-state index contributed by atoms with van der Waals surface area (Å²) >= 11 is 1.59. The molecule has 9 nitrogen and oxygen atoms in total. The fraction of sp³-hybridized carbons (Fsp3) is 0.409. The zero-order valence-electron chi connectivity index (χ0n) is 18.4. The van der Waals surface area contributed by atoms with Crippen LogP contribution in [-0.2, 0) is 16.0 Å². The van der Waals surface area contributed by atoms with Gasteiger partial charge in [-0.25, -0.2) is 9.59 Å². The largest absolute Gasteiger partial charge is 0.490 e. The second-order valence-electron chi connectivity index (χ2n) is 6.31. The Kier molecular flexibility index (Phi) is 10.3. The van der Waals surface area contributed by atoms with E-state index in [1.807, 2.05) is 24.4 Å². The van der Waals surface area contributed by atoms with Crippen molar-refractivity contribution in [1.82, 2.24) is 10.6 Å². The lowest BCUT2D eigenvalue weighted by Gasteiger charge is -2.16. The van der Waals surface area contributed by atoms with Crippen LogP contribution in [0.2, 0.25) is 0 Å². The van der Waals surface area contributed by atoms with Gasteiger partial charge in [0.2, 0.25) is 5.75 Å². The molecule has 2 rings (SSSR count). The van der Waals surface area contributed by atoms with E-state index in [2.05, 4.69) is 10.6 Å². The molecule has 0 radical (unpaired) electrons. The van der Waals surface area contributed by atoms with Crippen LogP contribution in [0.3, 0.4) is 0 Å². The van der Waals surface area contributed by atoms with E-state index in [0.717, 1.165) is 4.88 Å². The summed E-state index contributed by atoms with van der Waals surface area (Å²) in [5.41, 5.74) is 0.133. The topological polar surface area (TPSA) is 112 Å². The molecule has 2 aromatic rings. The van der Waals surface area contributed by atoms with E-state index in [4.69, 9.17) is 18.9 Å². The van der Waals surface area contributed by atoms with Crippen LogP contribution in [0.4, 0.5) is 4.79 Å². The quantitative estimate of drug-likeness (QED) is 0.464. The van der Waals surface area contributed by atoms with Crippen molar-refractivity contribution in [2.75, 3.05) is 33.0 Å². The molecule has 0 aliphatic rings. The Balaban J connectivity index is 1.91. The van der Waals surface area contributed by atoms with E-state index in [1.165, 1.54) is 12.1 Å². The Morgan fingerprint density at radius 2 is 1.62 bits per heavy atom. The molecule has 0 atom stereocenters. The lowest BCUT2D eigenvalue weighted by Crippen LogP contribution is -2.42. The molecule has 0 spiro atoms. The SMILES string of the molecule is CCOc1cc(C(=O)OCC(=O)NC(=O)NCCc2cccs2)cc(OCC)c1OCC. The molecular formula is C22H28N2O7S. The van der Waals surface area contributed by atoms with Crippen LogP contribution in [-0.4, -0.2) is 50.9 Å². The van der Waals surface area contributed by atoms with Crippen molar-refractivity contribution < 1.29 is 33.3 Å². The van der Waals surface area contributed by atoms with Crippen LogP contribution in [0.1, 0.15) is 36.0 Å². The molecular weight excluding hydrogens is 436 g/mol. The van der Waals surface area contributed by atoms with Crippen LogP contribution in [0.25, 0.3) is 0 Å². The minimum absolute atomic E-state index is 0.133. The van der Waals surface area contributed by atoms with Crippen molar-refractivity contribution in [3.8, 4) is 17.2 Å². The lowest BCUT2D eigenvalue weighted by molar-refractivity contribution is -0.123. The van der Waals surface area contributed by atoms with E-state index >= 15 is 0 Å². The number of carbonyl (C=O) groups is 3. The Hall–Kier alpha value is -3.27. The molecule has 0 saturated heterocycles. The predicted octanol–water partition coefficient (Wildman–Crippen LogP) is 3.17. The van der Waals surface area contributed by atoms with Crippen LogP contribution in [0.15, 0.2) is 29.6 Å². The molecule has 0 fully saturated rings. The predicted molar refractivity (Wildman–Crippen MR) is 120 cm³/mol. The molecule has 0 saturated carbocycles. The van der Waals surface area contributed by atoms with Gasteiger partial charge < -0.3 is 24.3 Å². The van der Waals surface area contributed by atoms with Crippen molar-refractivity contribution in [2.45, 2.75) is 27.2 Å². The molecule has 1 aromatic carbocycles. The minimum Gasteiger partial charge on any atom is -0.490 e. The number of urea groups is 1. The third kappa shape index (κ3) is 7.77. The van der Waals surface area contributed by atoms with Gasteiger partial charge in [-0.2, -0.15) is 0 Å². The molecule has 174 valence electrons. The average Bonchev–Trinajstić information content (AvgIpc) is 3.28. The maximum Gasteiger partial charge on any atom is 0.338 e. The summed E-state index contributed by atoms with van der Waals surface area (Å²) in [4.78, 5) is 37.3. The number of imide groups is 1. The van der Waals surface area contributed by atoms with Crippen LogP contribution < -0.4 is 24.8 Å². The maximum atomic E-state index is 12.5. The van der Waals surface area contributed by atoms with Gasteiger partial charge in [0, 0.05) is 11.4 Å². The van der Waals surface area contributed by atoms with Gasteiger partial charge in [0.05, 0.1) is 25.4 Å². The monoisotopic (exact) mass is 464 g/mol. The van der Waals surface area contributed by atoms with E-state index in [1.54, 1.807) is 25.2 Å². The number of hydrogen-bond acceptors (Lipinski definition) is 8. The van der Waals surface area contributed by atoms with Crippen molar-refractivity contribution in [3.05, 3.63) is 40.1 Å². The molecule has 0 aliphatic carbocycles. The zero-order chi connectivity index (χ0) is 23.3. The molecule has 10 heteroatoms. The average molecular weight is 465 g/mol. The first-order valence-corrected chi connectivity index (χ1v) is 11.2. The van der Waals surface area contributed by atoms with Gasteiger partial charge in [-0.05, 0) is 50.8 Å². The molecule has 1 aromatic heterocycles. The van der Waals surface area contributed by atoms with Gasteiger partial charge in [0.1, 0.15) is 0 Å². The Morgan fingerprint density at radius 3 is 2.19 bits per heavy atom. The van der Waals surface area contributed by atoms with Crippen LogP contribution in [0.5, 0.6) is 17.2 Å². The highest BCUT2D eigenvalue weighted by atomic mass is 32.1. The minimum atomic E-state index is -0.761. The molecule has 32 heavy (non-hydrogen) atoms. The number of amides is 3. The molecule has 3 amide bonds. The highest BCUT2D eigenvalue weighted by molar-refractivity contribution is 7.09. The third-order valence-electron chi connectivity index (χ3n) is 3.97. The van der Waals surface area contributed by atoms with Crippen LogP contribution >= 0.6 is 11.3 Å². The number of hydrogen-bond donors (Lipinski definition) is 2. The van der Waals surface area contributed by atoms with Crippen molar-refractivity contribution in [1.29, 1.82) is 0 Å². The van der Waals surface area contributed by atoms with E-state index in [9.17, 15) is 14.4 Å². The number of rotatable bonds is 12. The number of carbonyl (C=O) groups excluding carboxylic acids is 3. The van der Waals surface area contributed by atoms with Gasteiger partial charge in [-0.15, -0.1) is 11.3 Å². The Morgan fingerprint density at radius 1 is 0.969 bits per heavy atom. The molecule has 0 aliphatic heterocycles. The van der Waals surface area contributed by atoms with Crippen LogP contribution in [0, 0.1) is 0 Å². The summed E-state index contributed by atoms with van der Waals surface area (Å²) < 4.78 is 21.8. The van der Waals surface area contributed by atoms with E-state index in [0.29, 0.717) is 50.0 Å². The van der Waals surface area contributed by atoms with Gasteiger partial charge in [0.15, 0.2) is 18.1 Å². The standard InChI is InChI=1S/C22H28N2O7S/c1-4-28-17-12-15(13-18(29-5-2)20(17)30-6-3)21(26)31-14-19(25)24-22(27)23-10-9-16-8-7-11-32-16/h7-8,11-13H,4-6,9-10,14H2,1-3H3,(H2,23,24,25,27). The van der Waals surface area contributed by atoms with Gasteiger partial charge in [-0.1, -0.05) is 6.07 Å². The van der Waals surface area contributed by atoms with Gasteiger partial charge in [0.25, 0.3) is 5.91 Å². The number of benzene rings is 1. The Labute approximate surface area is 191 Å². The van der Waals surface area contributed by atoms with Crippen molar-refractivity contribution >= 4 is 29.2 Å². The summed E-state index contributed by atoms with van der Waals surface area (Å²) in [6.07, 6.45) is 0.663. The summed E-state index contributed by atoms with van der Waals surface area (Å²) in [6, 6.07) is 6.17. The molecule has 0 unspecified atom stereocenters. The molecule has 0 bridgehead atoms. The summed E-state index contributed by atoms with van der Waals surface area (Å²) in [6.45, 7) is 6.30. The number of ether oxygens (including phenoxy) is 4. The zero-order valence-corrected chi connectivity index (χ0v) is 19.2. The number of thiophene rings is 1. The molecule has 2 N–H and O–H groups in total. The number of esters is 1. The van der Waals surface area contributed by atoms with E-state index in [-0.39, 0.29) is 5.56 Å². The summed E-state index contributed by atoms with van der Waals surface area (Å²) in [5.74, 6) is -0.440. The van der Waals surface area contributed by atoms with Gasteiger partial charge in [-0.3, -0.25) is 10.1 Å². The summed E-state index contributed by atoms with van der Waals surface area (Å²) in [7, 11) is 0. The smallest absolute Gasteiger partial charge is 0.338 e. The third-order valence-corrected chi connectivity index (χ3v) is 4.91. The Bertz CT molecular complexity index is 873. The van der Waals surface area contributed by atoms with Crippen molar-refractivity contribution in [3.63, 3.8) is 0 Å². The first-order chi connectivity index (χ1) is 15.5. The van der Waals surface area contributed by atoms with E-state index < -0.39 is 24.5 Å². The first kappa shape index (κ1) is 25.0. The fourth-order valence-corrected chi connectivity index (χ4v) is 3.39. The van der Waals surface area contributed by atoms with Gasteiger partial charge >= 0.3 is 12.0 Å². The first-order valence-electron chi connectivity index (χ1n) is 10.3. The highest BCUT2D eigenvalue weighted by Gasteiger charge is 2.20. The highest BCUT2D eigenvalue weighted by Crippen LogP contribution is 2.39. The maximum absolute atomic E-state index is 12.5. The second-order valence-corrected chi connectivity index (χ2v) is 7.34. The summed E-state index contributed by atoms with van der Waals surface area (Å²) in [5, 5.41) is 6.66. The lowest BCUT2D eigenvalue weighted by atomic mass is 10.2. The number of nitrogens with one attached hydrogen (secondary N) is 2.